The average molecular weight is 250 g/mol. The largest absolute Gasteiger partial charge is 0.341 e. The summed E-state index contributed by atoms with van der Waals surface area (Å²) in [6.45, 7) is 6.19. The van der Waals surface area contributed by atoms with Crippen molar-refractivity contribution in [3.05, 3.63) is 16.1 Å². The van der Waals surface area contributed by atoms with Crippen LogP contribution < -0.4 is 0 Å². The van der Waals surface area contributed by atoms with Gasteiger partial charge in [-0.3, -0.25) is 4.79 Å². The summed E-state index contributed by atoms with van der Waals surface area (Å²) < 4.78 is 0. The summed E-state index contributed by atoms with van der Waals surface area (Å²) >= 11 is 1.62. The van der Waals surface area contributed by atoms with E-state index in [0.717, 1.165) is 29.7 Å². The summed E-state index contributed by atoms with van der Waals surface area (Å²) in [4.78, 5) is 18.5. The lowest BCUT2D eigenvalue weighted by Gasteiger charge is -2.20. The van der Waals surface area contributed by atoms with Gasteiger partial charge in [0, 0.05) is 18.5 Å². The van der Waals surface area contributed by atoms with Crippen LogP contribution in [0.15, 0.2) is 5.38 Å². The minimum Gasteiger partial charge on any atom is -0.341 e. The number of aryl methyl sites for hydroxylation is 1. The number of carbonyl (C=O) groups is 1. The first-order valence-electron chi connectivity index (χ1n) is 6.32. The molecule has 0 aromatic carbocycles. The van der Waals surface area contributed by atoms with E-state index in [1.165, 1.54) is 12.8 Å². The molecule has 92 valence electrons. The lowest BCUT2D eigenvalue weighted by Crippen LogP contribution is -2.33. The van der Waals surface area contributed by atoms with Gasteiger partial charge in [0.1, 0.15) is 0 Å². The fourth-order valence-corrected chi connectivity index (χ4v) is 3.70. The van der Waals surface area contributed by atoms with Gasteiger partial charge in [-0.25, -0.2) is 4.98 Å². The van der Waals surface area contributed by atoms with Crippen molar-refractivity contribution in [2.45, 2.75) is 33.1 Å². The van der Waals surface area contributed by atoms with Crippen molar-refractivity contribution in [1.82, 2.24) is 9.88 Å². The molecule has 2 fully saturated rings. The van der Waals surface area contributed by atoms with E-state index in [2.05, 4.69) is 11.9 Å². The summed E-state index contributed by atoms with van der Waals surface area (Å²) in [5.74, 6) is 1.05. The lowest BCUT2D eigenvalue weighted by molar-refractivity contribution is -0.130. The Morgan fingerprint density at radius 2 is 2.53 bits per heavy atom. The molecule has 4 heteroatoms. The third-order valence-electron chi connectivity index (χ3n) is 4.36. The Morgan fingerprint density at radius 1 is 1.71 bits per heavy atom. The summed E-state index contributed by atoms with van der Waals surface area (Å²) in [6.07, 6.45) is 3.04. The predicted molar refractivity (Wildman–Crippen MR) is 68.0 cm³/mol. The molecule has 1 aromatic heterocycles. The molecular formula is C13H18N2OS. The first-order chi connectivity index (χ1) is 8.13. The zero-order chi connectivity index (χ0) is 12.0. The molecule has 1 aliphatic heterocycles. The second kappa shape index (κ2) is 3.80. The maximum Gasteiger partial charge on any atom is 0.228 e. The van der Waals surface area contributed by atoms with Gasteiger partial charge in [-0.05, 0) is 31.1 Å². The Morgan fingerprint density at radius 3 is 3.12 bits per heavy atom. The zero-order valence-corrected chi connectivity index (χ0v) is 11.2. The third-order valence-corrected chi connectivity index (χ3v) is 5.18. The van der Waals surface area contributed by atoms with Crippen molar-refractivity contribution < 1.29 is 4.79 Å². The second-order valence-electron chi connectivity index (χ2n) is 5.43. The van der Waals surface area contributed by atoms with E-state index in [9.17, 15) is 4.79 Å². The van der Waals surface area contributed by atoms with Crippen LogP contribution in [0.2, 0.25) is 0 Å². The van der Waals surface area contributed by atoms with E-state index in [0.29, 0.717) is 11.8 Å². The number of rotatable bonds is 3. The Balaban J connectivity index is 1.61. The van der Waals surface area contributed by atoms with Crippen molar-refractivity contribution in [3.8, 4) is 0 Å². The highest BCUT2D eigenvalue weighted by atomic mass is 32.1. The van der Waals surface area contributed by atoms with E-state index in [1.807, 2.05) is 17.2 Å². The zero-order valence-electron chi connectivity index (χ0n) is 10.4. The molecule has 2 aliphatic rings. The monoisotopic (exact) mass is 250 g/mol. The summed E-state index contributed by atoms with van der Waals surface area (Å²) in [6, 6.07) is 0. The van der Waals surface area contributed by atoms with Crippen molar-refractivity contribution in [2.24, 2.45) is 11.3 Å². The molecule has 2 heterocycles. The van der Waals surface area contributed by atoms with E-state index < -0.39 is 0 Å². The quantitative estimate of drug-likeness (QED) is 0.824. The minimum absolute atomic E-state index is 0.260. The predicted octanol–water partition coefficient (Wildman–Crippen LogP) is 2.25. The molecular weight excluding hydrogens is 232 g/mol. The highest BCUT2D eigenvalue weighted by molar-refractivity contribution is 7.09. The van der Waals surface area contributed by atoms with Crippen LogP contribution in [-0.4, -0.2) is 28.9 Å². The molecule has 0 N–H and O–H groups in total. The first-order valence-corrected chi connectivity index (χ1v) is 7.20. The van der Waals surface area contributed by atoms with Crippen LogP contribution in [0, 0.1) is 18.3 Å². The van der Waals surface area contributed by atoms with Crippen LogP contribution >= 0.6 is 11.3 Å². The van der Waals surface area contributed by atoms with Crippen LogP contribution in [0.4, 0.5) is 0 Å². The van der Waals surface area contributed by atoms with Gasteiger partial charge >= 0.3 is 0 Å². The Hall–Kier alpha value is -0.900. The van der Waals surface area contributed by atoms with E-state index in [-0.39, 0.29) is 5.91 Å². The highest BCUT2D eigenvalue weighted by Gasteiger charge is 2.59. The molecule has 1 aromatic rings. The fourth-order valence-electron chi connectivity index (χ4n) is 3.09. The number of piperidine rings is 1. The Kier molecular flexibility index (Phi) is 2.51. The smallest absolute Gasteiger partial charge is 0.228 e. The molecule has 3 nitrogen and oxygen atoms in total. The number of thiazole rings is 1. The molecule has 1 saturated carbocycles. The third kappa shape index (κ3) is 1.88. The van der Waals surface area contributed by atoms with Crippen LogP contribution in [0.5, 0.6) is 0 Å². The van der Waals surface area contributed by atoms with Gasteiger partial charge in [0.15, 0.2) is 0 Å². The average Bonchev–Trinajstić information content (AvgIpc) is 2.67. The molecule has 3 rings (SSSR count). The van der Waals surface area contributed by atoms with E-state index in [1.54, 1.807) is 11.3 Å². The summed E-state index contributed by atoms with van der Waals surface area (Å²) in [5, 5.41) is 3.04. The molecule has 2 unspecified atom stereocenters. The number of aromatic nitrogens is 1. The van der Waals surface area contributed by atoms with Gasteiger partial charge in [0.05, 0.1) is 17.1 Å². The van der Waals surface area contributed by atoms with E-state index in [4.69, 9.17) is 0 Å². The van der Waals surface area contributed by atoms with E-state index >= 15 is 0 Å². The van der Waals surface area contributed by atoms with Gasteiger partial charge in [0.2, 0.25) is 5.91 Å². The maximum atomic E-state index is 12.1. The van der Waals surface area contributed by atoms with Crippen LogP contribution in [0.3, 0.4) is 0 Å². The number of nitrogens with zero attached hydrogens (tertiary/aromatic N) is 2. The number of carbonyl (C=O) groups excluding carboxylic acids is 1. The van der Waals surface area contributed by atoms with Crippen molar-refractivity contribution in [1.29, 1.82) is 0 Å². The maximum absolute atomic E-state index is 12.1. The number of amides is 1. The second-order valence-corrected chi connectivity index (χ2v) is 6.49. The van der Waals surface area contributed by atoms with Crippen molar-refractivity contribution in [2.75, 3.05) is 13.1 Å². The standard InChI is InChI=1S/C13H18N2OS/c1-3-13-5-10(13)6-15(8-13)12(16)4-11-7-17-9(2)14-11/h7,10H,3-6,8H2,1-2H3. The SMILES string of the molecule is CCC12CC1CN(C(=O)Cc1csc(C)n1)C2. The highest BCUT2D eigenvalue weighted by Crippen LogP contribution is 2.59. The lowest BCUT2D eigenvalue weighted by atomic mass is 10.0. The number of fused-ring (bicyclic) bond motifs is 1. The summed E-state index contributed by atoms with van der Waals surface area (Å²) in [5.41, 5.74) is 1.43. The Bertz CT molecular complexity index is 452. The number of hydrogen-bond donors (Lipinski definition) is 0. The van der Waals surface area contributed by atoms with Gasteiger partial charge in [-0.1, -0.05) is 6.92 Å². The van der Waals surface area contributed by atoms with Crippen molar-refractivity contribution in [3.63, 3.8) is 0 Å². The fraction of sp³-hybridized carbons (Fsp3) is 0.692. The molecule has 2 atom stereocenters. The number of likely N-dealkylation sites (tertiary alicyclic amines) is 1. The van der Waals surface area contributed by atoms with Gasteiger partial charge < -0.3 is 4.90 Å². The molecule has 0 spiro atoms. The number of hydrogen-bond acceptors (Lipinski definition) is 3. The van der Waals surface area contributed by atoms with Gasteiger partial charge in [0.25, 0.3) is 0 Å². The Labute approximate surface area is 106 Å². The molecule has 1 amide bonds. The molecule has 0 radical (unpaired) electrons. The molecule has 1 saturated heterocycles. The van der Waals surface area contributed by atoms with Gasteiger partial charge in [-0.15, -0.1) is 11.3 Å². The van der Waals surface area contributed by atoms with Crippen molar-refractivity contribution >= 4 is 17.2 Å². The van der Waals surface area contributed by atoms with Crippen LogP contribution in [0.25, 0.3) is 0 Å². The molecule has 0 bridgehead atoms. The minimum atomic E-state index is 0.260. The normalized spacial score (nSPS) is 30.5. The van der Waals surface area contributed by atoms with Gasteiger partial charge in [-0.2, -0.15) is 0 Å². The molecule has 17 heavy (non-hydrogen) atoms. The molecule has 1 aliphatic carbocycles. The topological polar surface area (TPSA) is 33.2 Å². The van der Waals surface area contributed by atoms with Crippen LogP contribution in [0.1, 0.15) is 30.5 Å². The first kappa shape index (κ1) is 11.2. The van der Waals surface area contributed by atoms with Crippen LogP contribution in [-0.2, 0) is 11.2 Å². The summed E-state index contributed by atoms with van der Waals surface area (Å²) in [7, 11) is 0.